The Bertz CT molecular complexity index is 421. The maximum atomic E-state index is 12.2. The number of hydrogen-bond donors (Lipinski definition) is 1. The van der Waals surface area contributed by atoms with Crippen molar-refractivity contribution in [1.29, 1.82) is 0 Å². The van der Waals surface area contributed by atoms with Gasteiger partial charge in [-0.1, -0.05) is 0 Å². The second-order valence-electron chi connectivity index (χ2n) is 4.83. The molecule has 0 unspecified atom stereocenters. The van der Waals surface area contributed by atoms with Crippen LogP contribution in [0.15, 0.2) is 6.07 Å². The zero-order valence-electron chi connectivity index (χ0n) is 11.6. The zero-order chi connectivity index (χ0) is 13.9. The standard InChI is InChI=1S/C12H21N3O3/c1-6-15(8-12(2,3)17)11(16)9-7-10(18-5)14(4)13-9/h7,17H,6,8H2,1-5H3. The van der Waals surface area contributed by atoms with Gasteiger partial charge in [0.2, 0.25) is 5.88 Å². The van der Waals surface area contributed by atoms with Crippen LogP contribution in [-0.2, 0) is 7.05 Å². The maximum absolute atomic E-state index is 12.2. The molecule has 0 spiro atoms. The summed E-state index contributed by atoms with van der Waals surface area (Å²) in [6.45, 7) is 5.98. The Morgan fingerprint density at radius 2 is 2.22 bits per heavy atom. The molecule has 0 aromatic carbocycles. The first-order valence-corrected chi connectivity index (χ1v) is 5.88. The van der Waals surface area contributed by atoms with Gasteiger partial charge in [-0.25, -0.2) is 4.68 Å². The summed E-state index contributed by atoms with van der Waals surface area (Å²) in [5.74, 6) is 0.316. The van der Waals surface area contributed by atoms with E-state index in [-0.39, 0.29) is 12.5 Å². The zero-order valence-corrected chi connectivity index (χ0v) is 11.6. The highest BCUT2D eigenvalue weighted by Gasteiger charge is 2.24. The van der Waals surface area contributed by atoms with Crippen molar-refractivity contribution in [3.63, 3.8) is 0 Å². The van der Waals surface area contributed by atoms with Gasteiger partial charge in [-0.3, -0.25) is 4.79 Å². The lowest BCUT2D eigenvalue weighted by atomic mass is 10.1. The summed E-state index contributed by atoms with van der Waals surface area (Å²) in [5, 5.41) is 13.9. The molecule has 0 atom stereocenters. The number of hydrogen-bond acceptors (Lipinski definition) is 4. The molecule has 6 heteroatoms. The van der Waals surface area contributed by atoms with E-state index in [1.807, 2.05) is 6.92 Å². The number of carbonyl (C=O) groups is 1. The van der Waals surface area contributed by atoms with Crippen LogP contribution in [0.2, 0.25) is 0 Å². The van der Waals surface area contributed by atoms with Crippen molar-refractivity contribution < 1.29 is 14.6 Å². The lowest BCUT2D eigenvalue weighted by Crippen LogP contribution is -2.42. The van der Waals surface area contributed by atoms with E-state index in [9.17, 15) is 9.90 Å². The highest BCUT2D eigenvalue weighted by atomic mass is 16.5. The monoisotopic (exact) mass is 255 g/mol. The van der Waals surface area contributed by atoms with Gasteiger partial charge in [0.1, 0.15) is 0 Å². The first-order valence-electron chi connectivity index (χ1n) is 5.88. The number of methoxy groups -OCH3 is 1. The van der Waals surface area contributed by atoms with E-state index in [0.717, 1.165) is 0 Å². The molecule has 1 aromatic rings. The molecular formula is C12H21N3O3. The van der Waals surface area contributed by atoms with Crippen LogP contribution in [0.4, 0.5) is 0 Å². The van der Waals surface area contributed by atoms with E-state index in [4.69, 9.17) is 4.74 Å². The number of aryl methyl sites for hydroxylation is 1. The molecular weight excluding hydrogens is 234 g/mol. The highest BCUT2D eigenvalue weighted by Crippen LogP contribution is 2.14. The molecule has 6 nitrogen and oxygen atoms in total. The third-order valence-electron chi connectivity index (χ3n) is 2.51. The van der Waals surface area contributed by atoms with Gasteiger partial charge in [-0.2, -0.15) is 5.10 Å². The minimum absolute atomic E-state index is 0.210. The molecule has 0 fully saturated rings. The molecule has 1 heterocycles. The quantitative estimate of drug-likeness (QED) is 0.839. The van der Waals surface area contributed by atoms with Crippen LogP contribution in [0.25, 0.3) is 0 Å². The molecule has 0 aliphatic carbocycles. The smallest absolute Gasteiger partial charge is 0.274 e. The number of aliphatic hydroxyl groups is 1. The summed E-state index contributed by atoms with van der Waals surface area (Å²) in [5.41, 5.74) is -0.606. The van der Waals surface area contributed by atoms with Gasteiger partial charge >= 0.3 is 0 Å². The molecule has 0 aliphatic rings. The average Bonchev–Trinajstić information content (AvgIpc) is 2.65. The molecule has 1 N–H and O–H groups in total. The molecule has 0 radical (unpaired) electrons. The predicted molar refractivity (Wildman–Crippen MR) is 67.6 cm³/mol. The number of amides is 1. The van der Waals surface area contributed by atoms with Gasteiger partial charge in [-0.05, 0) is 20.8 Å². The van der Waals surface area contributed by atoms with Crippen molar-refractivity contribution in [1.82, 2.24) is 14.7 Å². The van der Waals surface area contributed by atoms with E-state index < -0.39 is 5.60 Å². The van der Waals surface area contributed by atoms with E-state index in [1.54, 1.807) is 31.9 Å². The van der Waals surface area contributed by atoms with Crippen molar-refractivity contribution in [2.24, 2.45) is 7.05 Å². The van der Waals surface area contributed by atoms with E-state index >= 15 is 0 Å². The van der Waals surface area contributed by atoms with Crippen molar-refractivity contribution in [3.05, 3.63) is 11.8 Å². The lowest BCUT2D eigenvalue weighted by molar-refractivity contribution is 0.0311. The molecule has 0 saturated carbocycles. The maximum Gasteiger partial charge on any atom is 0.274 e. The predicted octanol–water partition coefficient (Wildman–Crippen LogP) is 0.662. The molecule has 0 bridgehead atoms. The Morgan fingerprint density at radius 3 is 2.61 bits per heavy atom. The van der Waals surface area contributed by atoms with Gasteiger partial charge in [-0.15, -0.1) is 0 Å². The minimum Gasteiger partial charge on any atom is -0.481 e. The number of ether oxygens (including phenoxy) is 1. The van der Waals surface area contributed by atoms with Crippen molar-refractivity contribution in [3.8, 4) is 5.88 Å². The Labute approximate surface area is 107 Å². The Balaban J connectivity index is 2.89. The highest BCUT2D eigenvalue weighted by molar-refractivity contribution is 5.92. The Morgan fingerprint density at radius 1 is 1.61 bits per heavy atom. The van der Waals surface area contributed by atoms with Gasteiger partial charge < -0.3 is 14.7 Å². The van der Waals surface area contributed by atoms with Crippen LogP contribution in [0.1, 0.15) is 31.3 Å². The number of rotatable bonds is 5. The molecule has 1 rings (SSSR count). The molecule has 1 amide bonds. The molecule has 0 saturated heterocycles. The second kappa shape index (κ2) is 5.39. The second-order valence-corrected chi connectivity index (χ2v) is 4.83. The van der Waals surface area contributed by atoms with Crippen LogP contribution in [0, 0.1) is 0 Å². The summed E-state index contributed by atoms with van der Waals surface area (Å²) in [6.07, 6.45) is 0. The first-order chi connectivity index (χ1) is 8.28. The SMILES string of the molecule is CCN(CC(C)(C)O)C(=O)c1cc(OC)n(C)n1. The van der Waals surface area contributed by atoms with Crippen molar-refractivity contribution >= 4 is 5.91 Å². The van der Waals surface area contributed by atoms with Crippen molar-refractivity contribution in [2.45, 2.75) is 26.4 Å². The number of carbonyl (C=O) groups excluding carboxylic acids is 1. The fourth-order valence-corrected chi connectivity index (χ4v) is 1.70. The fourth-order valence-electron chi connectivity index (χ4n) is 1.70. The minimum atomic E-state index is -0.926. The topological polar surface area (TPSA) is 67.6 Å². The third kappa shape index (κ3) is 3.46. The molecule has 0 aliphatic heterocycles. The Hall–Kier alpha value is -1.56. The Kier molecular flexibility index (Phi) is 4.34. The van der Waals surface area contributed by atoms with E-state index in [0.29, 0.717) is 18.1 Å². The summed E-state index contributed by atoms with van der Waals surface area (Å²) < 4.78 is 6.58. The van der Waals surface area contributed by atoms with Crippen LogP contribution in [0.5, 0.6) is 5.88 Å². The van der Waals surface area contributed by atoms with Crippen LogP contribution >= 0.6 is 0 Å². The van der Waals surface area contributed by atoms with E-state index in [2.05, 4.69) is 5.10 Å². The van der Waals surface area contributed by atoms with Crippen LogP contribution < -0.4 is 4.74 Å². The normalized spacial score (nSPS) is 11.4. The fraction of sp³-hybridized carbons (Fsp3) is 0.667. The van der Waals surface area contributed by atoms with Gasteiger partial charge in [0.05, 0.1) is 12.7 Å². The summed E-state index contributed by atoms with van der Waals surface area (Å²) in [6, 6.07) is 1.59. The van der Waals surface area contributed by atoms with Gasteiger partial charge in [0.15, 0.2) is 5.69 Å². The van der Waals surface area contributed by atoms with Crippen LogP contribution in [-0.4, -0.2) is 51.5 Å². The number of likely N-dealkylation sites (N-methyl/N-ethyl adjacent to an activating group) is 1. The lowest BCUT2D eigenvalue weighted by Gasteiger charge is -2.27. The average molecular weight is 255 g/mol. The van der Waals surface area contributed by atoms with Gasteiger partial charge in [0.25, 0.3) is 5.91 Å². The van der Waals surface area contributed by atoms with E-state index in [1.165, 1.54) is 11.8 Å². The van der Waals surface area contributed by atoms with Crippen LogP contribution in [0.3, 0.4) is 0 Å². The first kappa shape index (κ1) is 14.5. The molecule has 102 valence electrons. The van der Waals surface area contributed by atoms with Crippen molar-refractivity contribution in [2.75, 3.05) is 20.2 Å². The number of aromatic nitrogens is 2. The summed E-state index contributed by atoms with van der Waals surface area (Å²) >= 11 is 0. The molecule has 1 aromatic heterocycles. The largest absolute Gasteiger partial charge is 0.481 e. The number of nitrogens with zero attached hydrogens (tertiary/aromatic N) is 3. The summed E-state index contributed by atoms with van der Waals surface area (Å²) in [7, 11) is 3.24. The van der Waals surface area contributed by atoms with Gasteiger partial charge in [0, 0.05) is 26.2 Å². The third-order valence-corrected chi connectivity index (χ3v) is 2.51. The summed E-state index contributed by atoms with van der Waals surface area (Å²) in [4.78, 5) is 13.8. The molecule has 18 heavy (non-hydrogen) atoms.